The van der Waals surface area contributed by atoms with Gasteiger partial charge in [-0.1, -0.05) is 29.3 Å². The van der Waals surface area contributed by atoms with E-state index in [0.29, 0.717) is 16.8 Å². The van der Waals surface area contributed by atoms with E-state index in [2.05, 4.69) is 5.32 Å². The minimum absolute atomic E-state index is 0.257. The average molecular weight is 283 g/mol. The van der Waals surface area contributed by atoms with Gasteiger partial charge in [0, 0.05) is 5.56 Å². The lowest BCUT2D eigenvalue weighted by Gasteiger charge is -2.11. The summed E-state index contributed by atoms with van der Waals surface area (Å²) in [4.78, 5) is 24.0. The SMILES string of the molecule is COC(=O)c1cc(C)ccc1NC(=O)c1cccc(C)c1. The second-order valence-corrected chi connectivity index (χ2v) is 4.86. The summed E-state index contributed by atoms with van der Waals surface area (Å²) in [6.45, 7) is 3.79. The minimum Gasteiger partial charge on any atom is -0.465 e. The number of rotatable bonds is 3. The molecule has 0 fully saturated rings. The van der Waals surface area contributed by atoms with Crippen molar-refractivity contribution < 1.29 is 14.3 Å². The molecule has 0 aromatic heterocycles. The molecule has 0 bridgehead atoms. The fourth-order valence-corrected chi connectivity index (χ4v) is 2.03. The van der Waals surface area contributed by atoms with Crippen molar-refractivity contribution in [3.05, 3.63) is 64.7 Å². The van der Waals surface area contributed by atoms with Gasteiger partial charge >= 0.3 is 5.97 Å². The lowest BCUT2D eigenvalue weighted by molar-refractivity contribution is 0.0602. The Morgan fingerprint density at radius 1 is 1.00 bits per heavy atom. The first-order valence-electron chi connectivity index (χ1n) is 6.58. The van der Waals surface area contributed by atoms with Gasteiger partial charge in [-0.05, 0) is 38.1 Å². The van der Waals surface area contributed by atoms with Gasteiger partial charge in [0.15, 0.2) is 0 Å². The van der Waals surface area contributed by atoms with E-state index in [-0.39, 0.29) is 5.91 Å². The van der Waals surface area contributed by atoms with Gasteiger partial charge in [0.25, 0.3) is 5.91 Å². The minimum atomic E-state index is -0.474. The van der Waals surface area contributed by atoms with E-state index >= 15 is 0 Å². The quantitative estimate of drug-likeness (QED) is 0.879. The Kier molecular flexibility index (Phi) is 4.38. The number of methoxy groups -OCH3 is 1. The third-order valence-electron chi connectivity index (χ3n) is 3.11. The Labute approximate surface area is 123 Å². The molecule has 108 valence electrons. The zero-order chi connectivity index (χ0) is 15.4. The van der Waals surface area contributed by atoms with Crippen LogP contribution in [-0.2, 0) is 4.74 Å². The molecule has 0 atom stereocenters. The molecule has 0 aliphatic rings. The van der Waals surface area contributed by atoms with Crippen LogP contribution >= 0.6 is 0 Å². The monoisotopic (exact) mass is 283 g/mol. The van der Waals surface area contributed by atoms with Crippen LogP contribution in [-0.4, -0.2) is 19.0 Å². The molecule has 2 aromatic carbocycles. The second kappa shape index (κ2) is 6.22. The van der Waals surface area contributed by atoms with Gasteiger partial charge in [0.05, 0.1) is 18.4 Å². The van der Waals surface area contributed by atoms with Gasteiger partial charge < -0.3 is 10.1 Å². The molecule has 0 aliphatic carbocycles. The van der Waals surface area contributed by atoms with Crippen molar-refractivity contribution in [2.75, 3.05) is 12.4 Å². The third-order valence-corrected chi connectivity index (χ3v) is 3.11. The van der Waals surface area contributed by atoms with Crippen molar-refractivity contribution in [2.45, 2.75) is 13.8 Å². The highest BCUT2D eigenvalue weighted by Gasteiger charge is 2.15. The van der Waals surface area contributed by atoms with E-state index in [1.165, 1.54) is 7.11 Å². The summed E-state index contributed by atoms with van der Waals surface area (Å²) >= 11 is 0. The smallest absolute Gasteiger partial charge is 0.339 e. The summed E-state index contributed by atoms with van der Waals surface area (Å²) < 4.78 is 4.75. The molecular formula is C17H17NO3. The van der Waals surface area contributed by atoms with Crippen LogP contribution in [0, 0.1) is 13.8 Å². The predicted molar refractivity (Wildman–Crippen MR) is 81.7 cm³/mol. The highest BCUT2D eigenvalue weighted by atomic mass is 16.5. The summed E-state index contributed by atoms with van der Waals surface area (Å²) in [7, 11) is 1.32. The molecule has 0 saturated heterocycles. The summed E-state index contributed by atoms with van der Waals surface area (Å²) in [5, 5.41) is 2.76. The normalized spacial score (nSPS) is 10.0. The first-order valence-corrected chi connectivity index (χ1v) is 6.58. The summed E-state index contributed by atoms with van der Waals surface area (Å²) in [6.07, 6.45) is 0. The largest absolute Gasteiger partial charge is 0.465 e. The van der Waals surface area contributed by atoms with E-state index in [0.717, 1.165) is 11.1 Å². The predicted octanol–water partition coefficient (Wildman–Crippen LogP) is 3.34. The molecule has 0 heterocycles. The summed E-state index contributed by atoms with van der Waals surface area (Å²) in [5.41, 5.74) is 3.26. The van der Waals surface area contributed by atoms with E-state index in [1.54, 1.807) is 24.3 Å². The first-order chi connectivity index (χ1) is 10.0. The molecule has 0 spiro atoms. The maximum atomic E-state index is 12.3. The number of hydrogen-bond acceptors (Lipinski definition) is 3. The molecule has 0 radical (unpaired) electrons. The number of benzene rings is 2. The van der Waals surface area contributed by atoms with Crippen LogP contribution in [0.2, 0.25) is 0 Å². The molecule has 1 amide bonds. The van der Waals surface area contributed by atoms with Crippen LogP contribution in [0.1, 0.15) is 31.8 Å². The molecule has 2 aromatic rings. The Bertz CT molecular complexity index is 692. The Hall–Kier alpha value is -2.62. The third kappa shape index (κ3) is 3.48. The standard InChI is InChI=1S/C17H17NO3/c1-11-5-4-6-13(9-11)16(19)18-15-8-7-12(2)10-14(15)17(20)21-3/h4-10H,1-3H3,(H,18,19). The van der Waals surface area contributed by atoms with E-state index in [9.17, 15) is 9.59 Å². The molecule has 4 heteroatoms. The van der Waals surface area contributed by atoms with Gasteiger partial charge in [0.1, 0.15) is 0 Å². The zero-order valence-electron chi connectivity index (χ0n) is 12.3. The summed E-state index contributed by atoms with van der Waals surface area (Å²) in [6, 6.07) is 12.5. The number of ether oxygens (including phenoxy) is 1. The highest BCUT2D eigenvalue weighted by molar-refractivity contribution is 6.08. The lowest BCUT2D eigenvalue weighted by atomic mass is 10.1. The van der Waals surface area contributed by atoms with Crippen LogP contribution in [0.25, 0.3) is 0 Å². The molecule has 4 nitrogen and oxygen atoms in total. The van der Waals surface area contributed by atoms with Crippen molar-refractivity contribution in [3.63, 3.8) is 0 Å². The van der Waals surface area contributed by atoms with Gasteiger partial charge in [-0.25, -0.2) is 4.79 Å². The highest BCUT2D eigenvalue weighted by Crippen LogP contribution is 2.19. The van der Waals surface area contributed by atoms with Gasteiger partial charge in [0.2, 0.25) is 0 Å². The summed E-state index contributed by atoms with van der Waals surface area (Å²) in [5.74, 6) is -0.731. The van der Waals surface area contributed by atoms with E-state index < -0.39 is 5.97 Å². The molecule has 21 heavy (non-hydrogen) atoms. The van der Waals surface area contributed by atoms with Crippen LogP contribution < -0.4 is 5.32 Å². The van der Waals surface area contributed by atoms with Crippen LogP contribution in [0.5, 0.6) is 0 Å². The van der Waals surface area contributed by atoms with Crippen molar-refractivity contribution >= 4 is 17.6 Å². The first kappa shape index (κ1) is 14.8. The Balaban J connectivity index is 2.31. The van der Waals surface area contributed by atoms with E-state index in [1.807, 2.05) is 32.0 Å². The van der Waals surface area contributed by atoms with Crippen molar-refractivity contribution in [1.82, 2.24) is 0 Å². The number of carbonyl (C=O) groups is 2. The fourth-order valence-electron chi connectivity index (χ4n) is 2.03. The number of nitrogens with one attached hydrogen (secondary N) is 1. The molecular weight excluding hydrogens is 266 g/mol. The number of hydrogen-bond donors (Lipinski definition) is 1. The second-order valence-electron chi connectivity index (χ2n) is 4.86. The number of aryl methyl sites for hydroxylation is 2. The van der Waals surface area contributed by atoms with Crippen molar-refractivity contribution in [2.24, 2.45) is 0 Å². The zero-order valence-corrected chi connectivity index (χ0v) is 12.3. The molecule has 1 N–H and O–H groups in total. The number of esters is 1. The average Bonchev–Trinajstić information content (AvgIpc) is 2.48. The fraction of sp³-hybridized carbons (Fsp3) is 0.176. The Morgan fingerprint density at radius 2 is 1.71 bits per heavy atom. The Morgan fingerprint density at radius 3 is 2.38 bits per heavy atom. The molecule has 0 unspecified atom stereocenters. The maximum absolute atomic E-state index is 12.3. The number of amides is 1. The topological polar surface area (TPSA) is 55.4 Å². The van der Waals surface area contributed by atoms with Gasteiger partial charge in [-0.15, -0.1) is 0 Å². The van der Waals surface area contributed by atoms with Crippen molar-refractivity contribution in [3.8, 4) is 0 Å². The van der Waals surface area contributed by atoms with Crippen LogP contribution in [0.3, 0.4) is 0 Å². The molecule has 2 rings (SSSR count). The number of carbonyl (C=O) groups excluding carboxylic acids is 2. The van der Waals surface area contributed by atoms with Gasteiger partial charge in [-0.2, -0.15) is 0 Å². The lowest BCUT2D eigenvalue weighted by Crippen LogP contribution is -2.15. The maximum Gasteiger partial charge on any atom is 0.339 e. The van der Waals surface area contributed by atoms with Crippen LogP contribution in [0.4, 0.5) is 5.69 Å². The molecule has 0 aliphatic heterocycles. The number of anilines is 1. The van der Waals surface area contributed by atoms with Crippen molar-refractivity contribution in [1.29, 1.82) is 0 Å². The van der Waals surface area contributed by atoms with E-state index in [4.69, 9.17) is 4.74 Å². The van der Waals surface area contributed by atoms with Gasteiger partial charge in [-0.3, -0.25) is 4.79 Å². The van der Waals surface area contributed by atoms with Crippen LogP contribution in [0.15, 0.2) is 42.5 Å². The molecule has 0 saturated carbocycles.